The number of hydrogen-bond donors (Lipinski definition) is 1. The Labute approximate surface area is 115 Å². The van der Waals surface area contributed by atoms with E-state index in [1.165, 1.54) is 25.5 Å². The van der Waals surface area contributed by atoms with Gasteiger partial charge in [-0.1, -0.05) is 6.92 Å². The average molecular weight is 265 g/mol. The Hall–Kier alpha value is -1.13. The lowest BCUT2D eigenvalue weighted by Gasteiger charge is -2.29. The fourth-order valence-electron chi connectivity index (χ4n) is 2.91. The lowest BCUT2D eigenvalue weighted by molar-refractivity contribution is 0.270. The fraction of sp³-hybridized carbons (Fsp3) is 0.600. The van der Waals surface area contributed by atoms with Gasteiger partial charge in [-0.25, -0.2) is 4.39 Å². The van der Waals surface area contributed by atoms with E-state index in [9.17, 15) is 4.39 Å². The van der Waals surface area contributed by atoms with Crippen LogP contribution in [0.25, 0.3) is 0 Å². The molecule has 2 rings (SSSR count). The third-order valence-corrected chi connectivity index (χ3v) is 4.01. The van der Waals surface area contributed by atoms with Gasteiger partial charge in [0.2, 0.25) is 0 Å². The monoisotopic (exact) mass is 265 g/mol. The van der Waals surface area contributed by atoms with Crippen molar-refractivity contribution in [2.45, 2.75) is 32.4 Å². The van der Waals surface area contributed by atoms with Gasteiger partial charge >= 0.3 is 0 Å². The normalized spacial score (nSPS) is 19.9. The van der Waals surface area contributed by atoms with Crippen LogP contribution in [-0.4, -0.2) is 37.6 Å². The second-order valence-corrected chi connectivity index (χ2v) is 5.33. The Balaban J connectivity index is 2.06. The van der Waals surface area contributed by atoms with Gasteiger partial charge in [-0.3, -0.25) is 4.90 Å². The highest BCUT2D eigenvalue weighted by Gasteiger charge is 2.24. The second-order valence-electron chi connectivity index (χ2n) is 5.33. The molecule has 1 saturated heterocycles. The number of nitrogens with zero attached hydrogens (tertiary/aromatic N) is 2. The highest BCUT2D eigenvalue weighted by Crippen LogP contribution is 2.22. The Kier molecular flexibility index (Phi) is 4.77. The van der Waals surface area contributed by atoms with Crippen molar-refractivity contribution >= 4 is 5.69 Å². The van der Waals surface area contributed by atoms with Crippen molar-refractivity contribution in [3.63, 3.8) is 0 Å². The van der Waals surface area contributed by atoms with E-state index in [-0.39, 0.29) is 5.82 Å². The van der Waals surface area contributed by atoms with Crippen LogP contribution in [0.5, 0.6) is 0 Å². The lowest BCUT2D eigenvalue weighted by Crippen LogP contribution is -2.38. The molecule has 1 aromatic carbocycles. The van der Waals surface area contributed by atoms with Crippen molar-refractivity contribution in [2.75, 3.05) is 31.6 Å². The molecule has 1 aromatic rings. The van der Waals surface area contributed by atoms with E-state index < -0.39 is 0 Å². The van der Waals surface area contributed by atoms with Crippen LogP contribution in [0, 0.1) is 5.82 Å². The number of rotatable bonds is 5. The van der Waals surface area contributed by atoms with Gasteiger partial charge in [0.05, 0.1) is 0 Å². The summed E-state index contributed by atoms with van der Waals surface area (Å²) in [5, 5.41) is 0. The molecule has 0 spiro atoms. The molecule has 19 heavy (non-hydrogen) atoms. The maximum absolute atomic E-state index is 13.5. The van der Waals surface area contributed by atoms with Gasteiger partial charge in [-0.2, -0.15) is 0 Å². The molecule has 2 N–H and O–H groups in total. The van der Waals surface area contributed by atoms with Crippen LogP contribution >= 0.6 is 0 Å². The lowest BCUT2D eigenvalue weighted by atomic mass is 10.1. The number of benzene rings is 1. The second kappa shape index (κ2) is 6.35. The molecule has 0 bridgehead atoms. The highest BCUT2D eigenvalue weighted by molar-refractivity contribution is 5.48. The maximum Gasteiger partial charge on any atom is 0.125 e. The van der Waals surface area contributed by atoms with Crippen LogP contribution in [0.4, 0.5) is 10.1 Å². The molecule has 1 atom stereocenters. The number of anilines is 1. The Bertz CT molecular complexity index is 422. The standard InChI is InChI=1S/C15H24FN3/c1-3-19-6-4-5-14(19)11-18(2)15-8-12(10-17)7-13(16)9-15/h7-9,14H,3-6,10-11,17H2,1-2H3. The van der Waals surface area contributed by atoms with Gasteiger partial charge in [0.15, 0.2) is 0 Å². The summed E-state index contributed by atoms with van der Waals surface area (Å²) in [7, 11) is 2.03. The van der Waals surface area contributed by atoms with Crippen molar-refractivity contribution in [2.24, 2.45) is 5.73 Å². The Morgan fingerprint density at radius 2 is 2.21 bits per heavy atom. The molecule has 1 unspecified atom stereocenters. The SMILES string of the molecule is CCN1CCCC1CN(C)c1cc(F)cc(CN)c1. The first-order valence-corrected chi connectivity index (χ1v) is 7.08. The molecule has 0 aliphatic carbocycles. The van der Waals surface area contributed by atoms with E-state index in [4.69, 9.17) is 5.73 Å². The molecule has 0 amide bonds. The fourth-order valence-corrected chi connectivity index (χ4v) is 2.91. The number of likely N-dealkylation sites (tertiary alicyclic amines) is 1. The zero-order chi connectivity index (χ0) is 13.8. The smallest absolute Gasteiger partial charge is 0.125 e. The van der Waals surface area contributed by atoms with E-state index in [0.29, 0.717) is 12.6 Å². The van der Waals surface area contributed by atoms with Gasteiger partial charge in [-0.15, -0.1) is 0 Å². The minimum absolute atomic E-state index is 0.205. The van der Waals surface area contributed by atoms with Crippen molar-refractivity contribution in [3.05, 3.63) is 29.6 Å². The van der Waals surface area contributed by atoms with Crippen LogP contribution in [0.15, 0.2) is 18.2 Å². The van der Waals surface area contributed by atoms with Crippen molar-refractivity contribution in [1.29, 1.82) is 0 Å². The number of nitrogens with two attached hydrogens (primary N) is 1. The molecule has 1 aliphatic rings. The van der Waals surface area contributed by atoms with Gasteiger partial charge in [0, 0.05) is 31.9 Å². The van der Waals surface area contributed by atoms with E-state index in [0.717, 1.165) is 24.3 Å². The van der Waals surface area contributed by atoms with Crippen LogP contribution in [-0.2, 0) is 6.54 Å². The molecule has 1 fully saturated rings. The van der Waals surface area contributed by atoms with E-state index in [2.05, 4.69) is 16.7 Å². The highest BCUT2D eigenvalue weighted by atomic mass is 19.1. The van der Waals surface area contributed by atoms with Gasteiger partial charge in [-0.05, 0) is 49.7 Å². The summed E-state index contributed by atoms with van der Waals surface area (Å²) in [5.74, 6) is -0.205. The van der Waals surface area contributed by atoms with Crippen molar-refractivity contribution in [3.8, 4) is 0 Å². The summed E-state index contributed by atoms with van der Waals surface area (Å²) in [4.78, 5) is 4.64. The predicted octanol–water partition coefficient (Wildman–Crippen LogP) is 2.20. The summed E-state index contributed by atoms with van der Waals surface area (Å²) in [6, 6.07) is 5.66. The Morgan fingerprint density at radius 1 is 1.42 bits per heavy atom. The summed E-state index contributed by atoms with van der Waals surface area (Å²) in [6.07, 6.45) is 2.50. The summed E-state index contributed by atoms with van der Waals surface area (Å²) in [6.45, 7) is 5.80. The molecular weight excluding hydrogens is 241 g/mol. The van der Waals surface area contributed by atoms with Crippen LogP contribution in [0.1, 0.15) is 25.3 Å². The molecule has 106 valence electrons. The first-order chi connectivity index (χ1) is 9.13. The van der Waals surface area contributed by atoms with Crippen LogP contribution in [0.2, 0.25) is 0 Å². The third-order valence-electron chi connectivity index (χ3n) is 4.01. The largest absolute Gasteiger partial charge is 0.373 e. The van der Waals surface area contributed by atoms with E-state index >= 15 is 0 Å². The topological polar surface area (TPSA) is 32.5 Å². The average Bonchev–Trinajstić information content (AvgIpc) is 2.85. The van der Waals surface area contributed by atoms with E-state index in [1.807, 2.05) is 13.1 Å². The van der Waals surface area contributed by atoms with Gasteiger partial charge < -0.3 is 10.6 Å². The molecular formula is C15H24FN3. The first-order valence-electron chi connectivity index (χ1n) is 7.08. The zero-order valence-corrected chi connectivity index (χ0v) is 11.9. The number of hydrogen-bond acceptors (Lipinski definition) is 3. The summed E-state index contributed by atoms with van der Waals surface area (Å²) in [5.41, 5.74) is 7.37. The molecule has 4 heteroatoms. The predicted molar refractivity (Wildman–Crippen MR) is 77.8 cm³/mol. The molecule has 0 saturated carbocycles. The molecule has 0 aromatic heterocycles. The molecule has 1 heterocycles. The number of halogens is 1. The third kappa shape index (κ3) is 3.45. The number of likely N-dealkylation sites (N-methyl/N-ethyl adjacent to an activating group) is 2. The van der Waals surface area contributed by atoms with Gasteiger partial charge in [0.1, 0.15) is 5.82 Å². The van der Waals surface area contributed by atoms with Crippen LogP contribution in [0.3, 0.4) is 0 Å². The first kappa shape index (κ1) is 14.3. The minimum Gasteiger partial charge on any atom is -0.373 e. The van der Waals surface area contributed by atoms with Crippen molar-refractivity contribution in [1.82, 2.24) is 4.90 Å². The maximum atomic E-state index is 13.5. The molecule has 3 nitrogen and oxygen atoms in total. The molecule has 0 radical (unpaired) electrons. The van der Waals surface area contributed by atoms with Crippen molar-refractivity contribution < 1.29 is 4.39 Å². The quantitative estimate of drug-likeness (QED) is 0.886. The van der Waals surface area contributed by atoms with Gasteiger partial charge in [0.25, 0.3) is 0 Å². The Morgan fingerprint density at radius 3 is 2.89 bits per heavy atom. The summed E-state index contributed by atoms with van der Waals surface area (Å²) < 4.78 is 13.5. The molecule has 1 aliphatic heterocycles. The van der Waals surface area contributed by atoms with Crippen LogP contribution < -0.4 is 10.6 Å². The summed E-state index contributed by atoms with van der Waals surface area (Å²) >= 11 is 0. The van der Waals surface area contributed by atoms with E-state index in [1.54, 1.807) is 6.07 Å². The zero-order valence-electron chi connectivity index (χ0n) is 11.9. The minimum atomic E-state index is -0.205.